The van der Waals surface area contributed by atoms with Gasteiger partial charge in [-0.15, -0.1) is 0 Å². The van der Waals surface area contributed by atoms with Crippen LogP contribution in [0.4, 0.5) is 0 Å². The summed E-state index contributed by atoms with van der Waals surface area (Å²) in [5, 5.41) is 2.59. The largest absolute Gasteiger partial charge is 0.473 e. The van der Waals surface area contributed by atoms with Crippen molar-refractivity contribution in [3.63, 3.8) is 0 Å². The lowest BCUT2D eigenvalue weighted by Gasteiger charge is -2.11. The highest BCUT2D eigenvalue weighted by molar-refractivity contribution is 7.92. The molecule has 2 aromatic rings. The minimum Gasteiger partial charge on any atom is -0.473 e. The third-order valence-electron chi connectivity index (χ3n) is 3.34. The summed E-state index contributed by atoms with van der Waals surface area (Å²) >= 11 is 0. The van der Waals surface area contributed by atoms with Gasteiger partial charge in [-0.3, -0.25) is 4.79 Å². The predicted molar refractivity (Wildman–Crippen MR) is 91.2 cm³/mol. The van der Waals surface area contributed by atoms with Gasteiger partial charge in [-0.2, -0.15) is 0 Å². The molecule has 128 valence electrons. The lowest BCUT2D eigenvalue weighted by molar-refractivity contribution is -0.118. The Balaban J connectivity index is 1.95. The summed E-state index contributed by atoms with van der Waals surface area (Å²) in [6.45, 7) is 2.04. The first-order chi connectivity index (χ1) is 11.5. The number of ether oxygens (including phenoxy) is 1. The normalized spacial score (nSPS) is 11.0. The molecule has 0 aliphatic heterocycles. The Hall–Kier alpha value is -2.41. The maximum atomic E-state index is 11.7. The number of hydrogen-bond acceptors (Lipinski definition) is 5. The van der Waals surface area contributed by atoms with Gasteiger partial charge in [0.1, 0.15) is 12.4 Å². The summed E-state index contributed by atoms with van der Waals surface area (Å²) in [5.41, 5.74) is 1.70. The molecule has 2 rings (SSSR count). The number of aromatic nitrogens is 1. The first kappa shape index (κ1) is 17.9. The van der Waals surface area contributed by atoms with Crippen LogP contribution in [0.15, 0.2) is 48.7 Å². The second kappa shape index (κ2) is 8.44. The smallest absolute Gasteiger partial charge is 0.235 e. The van der Waals surface area contributed by atoms with Crippen LogP contribution in [0, 0.1) is 0 Å². The van der Waals surface area contributed by atoms with E-state index in [4.69, 9.17) is 4.74 Å². The van der Waals surface area contributed by atoms with Crippen molar-refractivity contribution >= 4 is 15.7 Å². The summed E-state index contributed by atoms with van der Waals surface area (Å²) in [5.74, 6) is -0.683. The topological polar surface area (TPSA) is 85.4 Å². The van der Waals surface area contributed by atoms with Gasteiger partial charge in [0.15, 0.2) is 9.84 Å². The first-order valence-corrected chi connectivity index (χ1v) is 9.40. The highest BCUT2D eigenvalue weighted by Crippen LogP contribution is 2.15. The van der Waals surface area contributed by atoms with Crippen LogP contribution in [0.2, 0.25) is 0 Å². The molecule has 24 heavy (non-hydrogen) atoms. The maximum Gasteiger partial charge on any atom is 0.235 e. The Labute approximate surface area is 141 Å². The van der Waals surface area contributed by atoms with E-state index >= 15 is 0 Å². The van der Waals surface area contributed by atoms with Crippen LogP contribution in [0.3, 0.4) is 0 Å². The van der Waals surface area contributed by atoms with Crippen molar-refractivity contribution in [1.29, 1.82) is 0 Å². The highest BCUT2D eigenvalue weighted by Gasteiger charge is 2.14. The standard InChI is InChI=1S/C17H20N2O4S/c1-2-24(21,22)13-16(20)19-11-15-9-6-10-18-17(15)23-12-14-7-4-3-5-8-14/h3-10H,2,11-13H2,1H3,(H,19,20). The average molecular weight is 348 g/mol. The monoisotopic (exact) mass is 348 g/mol. The van der Waals surface area contributed by atoms with E-state index in [9.17, 15) is 13.2 Å². The van der Waals surface area contributed by atoms with Crippen LogP contribution in [0.25, 0.3) is 0 Å². The van der Waals surface area contributed by atoms with Gasteiger partial charge in [-0.05, 0) is 11.6 Å². The van der Waals surface area contributed by atoms with E-state index in [2.05, 4.69) is 10.3 Å². The summed E-state index contributed by atoms with van der Waals surface area (Å²) in [7, 11) is -3.34. The van der Waals surface area contributed by atoms with E-state index in [1.807, 2.05) is 30.3 Å². The van der Waals surface area contributed by atoms with Crippen LogP contribution in [0.1, 0.15) is 18.1 Å². The zero-order valence-corrected chi connectivity index (χ0v) is 14.3. The van der Waals surface area contributed by atoms with Gasteiger partial charge in [-0.1, -0.05) is 43.3 Å². The number of nitrogens with one attached hydrogen (secondary N) is 1. The molecule has 1 amide bonds. The average Bonchev–Trinajstić information content (AvgIpc) is 2.59. The van der Waals surface area contributed by atoms with E-state index in [1.165, 1.54) is 6.92 Å². The summed E-state index contributed by atoms with van der Waals surface area (Å²) < 4.78 is 28.6. The van der Waals surface area contributed by atoms with E-state index in [-0.39, 0.29) is 12.3 Å². The summed E-state index contributed by atoms with van der Waals surface area (Å²) in [4.78, 5) is 15.9. The maximum absolute atomic E-state index is 11.7. The molecule has 1 aromatic heterocycles. The molecule has 0 fully saturated rings. The summed E-state index contributed by atoms with van der Waals surface area (Å²) in [6.07, 6.45) is 1.60. The minimum atomic E-state index is -3.34. The fourth-order valence-corrected chi connectivity index (χ4v) is 2.67. The van der Waals surface area contributed by atoms with Gasteiger partial charge in [0, 0.05) is 24.1 Å². The Morgan fingerprint density at radius 1 is 1.17 bits per heavy atom. The van der Waals surface area contributed by atoms with Crippen LogP contribution in [0.5, 0.6) is 5.88 Å². The van der Waals surface area contributed by atoms with Crippen molar-refractivity contribution in [2.75, 3.05) is 11.5 Å². The zero-order chi connectivity index (χ0) is 17.4. The van der Waals surface area contributed by atoms with Crippen LogP contribution < -0.4 is 10.1 Å². The number of benzene rings is 1. The number of rotatable bonds is 8. The van der Waals surface area contributed by atoms with Crippen molar-refractivity contribution in [2.45, 2.75) is 20.1 Å². The minimum absolute atomic E-state index is 0.0568. The van der Waals surface area contributed by atoms with Crippen molar-refractivity contribution < 1.29 is 17.9 Å². The van der Waals surface area contributed by atoms with Crippen molar-refractivity contribution in [3.8, 4) is 5.88 Å². The Bertz CT molecular complexity index is 776. The fraction of sp³-hybridized carbons (Fsp3) is 0.294. The fourth-order valence-electron chi connectivity index (χ4n) is 1.96. The van der Waals surface area contributed by atoms with E-state index in [1.54, 1.807) is 18.3 Å². The number of carbonyl (C=O) groups excluding carboxylic acids is 1. The predicted octanol–water partition coefficient (Wildman–Crippen LogP) is 1.71. The number of amides is 1. The molecule has 1 N–H and O–H groups in total. The second-order valence-electron chi connectivity index (χ2n) is 5.20. The Morgan fingerprint density at radius 3 is 2.62 bits per heavy atom. The molecule has 6 nitrogen and oxygen atoms in total. The molecule has 1 aromatic carbocycles. The van der Waals surface area contributed by atoms with Crippen molar-refractivity contribution in [3.05, 3.63) is 59.8 Å². The molecular weight excluding hydrogens is 328 g/mol. The molecule has 0 unspecified atom stereocenters. The third kappa shape index (κ3) is 5.66. The molecule has 0 bridgehead atoms. The van der Waals surface area contributed by atoms with Crippen LogP contribution in [-0.2, 0) is 27.8 Å². The first-order valence-electron chi connectivity index (χ1n) is 7.58. The molecule has 0 aliphatic rings. The van der Waals surface area contributed by atoms with Crippen LogP contribution in [-0.4, -0.2) is 30.8 Å². The molecule has 0 spiro atoms. The molecule has 0 saturated carbocycles. The molecule has 0 radical (unpaired) electrons. The molecule has 0 saturated heterocycles. The number of hydrogen-bond donors (Lipinski definition) is 1. The quantitative estimate of drug-likeness (QED) is 0.785. The van der Waals surface area contributed by atoms with E-state index < -0.39 is 21.5 Å². The van der Waals surface area contributed by atoms with E-state index in [0.717, 1.165) is 5.56 Å². The van der Waals surface area contributed by atoms with Gasteiger partial charge in [0.2, 0.25) is 11.8 Å². The van der Waals surface area contributed by atoms with Gasteiger partial charge in [-0.25, -0.2) is 13.4 Å². The van der Waals surface area contributed by atoms with Gasteiger partial charge >= 0.3 is 0 Å². The Kier molecular flexibility index (Phi) is 6.31. The Morgan fingerprint density at radius 2 is 1.92 bits per heavy atom. The lowest BCUT2D eigenvalue weighted by Crippen LogP contribution is -2.30. The third-order valence-corrected chi connectivity index (χ3v) is 4.92. The highest BCUT2D eigenvalue weighted by atomic mass is 32.2. The number of carbonyl (C=O) groups is 1. The van der Waals surface area contributed by atoms with E-state index in [0.29, 0.717) is 18.1 Å². The number of pyridine rings is 1. The van der Waals surface area contributed by atoms with Gasteiger partial charge in [0.25, 0.3) is 0 Å². The molecular formula is C17H20N2O4S. The van der Waals surface area contributed by atoms with Crippen molar-refractivity contribution in [1.82, 2.24) is 10.3 Å². The lowest BCUT2D eigenvalue weighted by atomic mass is 10.2. The second-order valence-corrected chi connectivity index (χ2v) is 7.55. The molecule has 0 atom stereocenters. The molecule has 7 heteroatoms. The number of sulfone groups is 1. The SMILES string of the molecule is CCS(=O)(=O)CC(=O)NCc1cccnc1OCc1ccccc1. The molecule has 1 heterocycles. The van der Waals surface area contributed by atoms with Crippen LogP contribution >= 0.6 is 0 Å². The summed E-state index contributed by atoms with van der Waals surface area (Å²) in [6, 6.07) is 13.2. The molecule has 0 aliphatic carbocycles. The van der Waals surface area contributed by atoms with Crippen molar-refractivity contribution in [2.24, 2.45) is 0 Å². The van der Waals surface area contributed by atoms with Gasteiger partial charge in [0.05, 0.1) is 0 Å². The zero-order valence-electron chi connectivity index (χ0n) is 13.4. The van der Waals surface area contributed by atoms with Gasteiger partial charge < -0.3 is 10.1 Å². The number of nitrogens with zero attached hydrogens (tertiary/aromatic N) is 1.